The minimum absolute atomic E-state index is 0.189. The number of morpholine rings is 1. The van der Waals surface area contributed by atoms with Crippen LogP contribution < -0.4 is 20.4 Å². The monoisotopic (exact) mass is 392 g/mol. The van der Waals surface area contributed by atoms with Gasteiger partial charge in [0, 0.05) is 26.6 Å². The van der Waals surface area contributed by atoms with E-state index < -0.39 is 12.2 Å². The molecule has 8 nitrogen and oxygen atoms in total. The Morgan fingerprint density at radius 2 is 2.32 bits per heavy atom. The molecule has 0 aromatic heterocycles. The molecule has 4 rings (SSSR count). The first-order chi connectivity index (χ1) is 13.5. The average molecular weight is 392 g/mol. The Morgan fingerprint density at radius 1 is 1.46 bits per heavy atom. The Balaban J connectivity index is 1.46. The van der Waals surface area contributed by atoms with Crippen molar-refractivity contribution in [3.05, 3.63) is 24.0 Å². The number of amides is 2. The van der Waals surface area contributed by atoms with E-state index >= 15 is 0 Å². The molecule has 2 amide bonds. The second kappa shape index (κ2) is 7.56. The van der Waals surface area contributed by atoms with Crippen LogP contribution in [-0.2, 0) is 14.3 Å². The summed E-state index contributed by atoms with van der Waals surface area (Å²) in [5.41, 5.74) is 0.710. The normalized spacial score (nSPS) is 27.4. The third-order valence-electron chi connectivity index (χ3n) is 5.49. The first kappa shape index (κ1) is 18.9. The Kier molecular flexibility index (Phi) is 5.11. The summed E-state index contributed by atoms with van der Waals surface area (Å²) in [6, 6.07) is 4.81. The quantitative estimate of drug-likeness (QED) is 0.791. The Bertz CT molecular complexity index is 768. The highest BCUT2D eigenvalue weighted by molar-refractivity contribution is 5.90. The molecule has 3 fully saturated rings. The van der Waals surface area contributed by atoms with Crippen LogP contribution in [0.3, 0.4) is 0 Å². The van der Waals surface area contributed by atoms with Crippen LogP contribution in [0.25, 0.3) is 0 Å². The summed E-state index contributed by atoms with van der Waals surface area (Å²) in [5.74, 6) is -0.566. The zero-order valence-electron chi connectivity index (χ0n) is 15.9. The van der Waals surface area contributed by atoms with Gasteiger partial charge in [-0.05, 0) is 31.2 Å². The lowest BCUT2D eigenvalue weighted by molar-refractivity contribution is -0.119. The van der Waals surface area contributed by atoms with Gasteiger partial charge in [-0.3, -0.25) is 9.69 Å². The first-order valence-electron chi connectivity index (χ1n) is 9.58. The van der Waals surface area contributed by atoms with Gasteiger partial charge in [-0.15, -0.1) is 0 Å². The SMILES string of the molecule is CC(=O)NC[C@H]1CN(c2ccc(N3CCOC4(CCNC4)C3)c(F)c2)C(=O)O1. The summed E-state index contributed by atoms with van der Waals surface area (Å²) in [6.45, 7) is 5.42. The van der Waals surface area contributed by atoms with Crippen molar-refractivity contribution in [1.82, 2.24) is 10.6 Å². The molecule has 152 valence electrons. The van der Waals surface area contributed by atoms with Gasteiger partial charge in [0.25, 0.3) is 0 Å². The minimum Gasteiger partial charge on any atom is -0.442 e. The Hall–Kier alpha value is -2.39. The van der Waals surface area contributed by atoms with Gasteiger partial charge in [0.15, 0.2) is 0 Å². The number of carbonyl (C=O) groups excluding carboxylic acids is 2. The molecule has 0 aliphatic carbocycles. The predicted molar refractivity (Wildman–Crippen MR) is 101 cm³/mol. The molecule has 2 N–H and O–H groups in total. The summed E-state index contributed by atoms with van der Waals surface area (Å²) in [7, 11) is 0. The van der Waals surface area contributed by atoms with Gasteiger partial charge in [0.2, 0.25) is 5.91 Å². The van der Waals surface area contributed by atoms with E-state index in [-0.39, 0.29) is 30.4 Å². The van der Waals surface area contributed by atoms with E-state index in [0.29, 0.717) is 31.1 Å². The van der Waals surface area contributed by atoms with Crippen molar-refractivity contribution in [2.75, 3.05) is 55.7 Å². The summed E-state index contributed by atoms with van der Waals surface area (Å²) in [5, 5.41) is 5.94. The number of hydrogen-bond donors (Lipinski definition) is 2. The summed E-state index contributed by atoms with van der Waals surface area (Å²) in [4.78, 5) is 26.6. The molecule has 0 bridgehead atoms. The second-order valence-electron chi connectivity index (χ2n) is 7.57. The average Bonchev–Trinajstić information content (AvgIpc) is 3.26. The van der Waals surface area contributed by atoms with E-state index in [1.54, 1.807) is 12.1 Å². The number of nitrogens with one attached hydrogen (secondary N) is 2. The first-order valence-corrected chi connectivity index (χ1v) is 9.58. The van der Waals surface area contributed by atoms with Gasteiger partial charge in [0.05, 0.1) is 36.7 Å². The summed E-state index contributed by atoms with van der Waals surface area (Å²) < 4.78 is 26.1. The van der Waals surface area contributed by atoms with Gasteiger partial charge in [-0.1, -0.05) is 0 Å². The number of hydrogen-bond acceptors (Lipinski definition) is 6. The van der Waals surface area contributed by atoms with Gasteiger partial charge in [0.1, 0.15) is 11.9 Å². The Morgan fingerprint density at radius 3 is 3.04 bits per heavy atom. The van der Waals surface area contributed by atoms with Crippen LogP contribution >= 0.6 is 0 Å². The molecule has 9 heteroatoms. The van der Waals surface area contributed by atoms with Gasteiger partial charge in [-0.2, -0.15) is 0 Å². The van der Waals surface area contributed by atoms with Crippen LogP contribution in [0.5, 0.6) is 0 Å². The number of nitrogens with zero attached hydrogens (tertiary/aromatic N) is 2. The summed E-state index contributed by atoms with van der Waals surface area (Å²) in [6.07, 6.45) is -0.0728. The van der Waals surface area contributed by atoms with Crippen LogP contribution in [0.4, 0.5) is 20.6 Å². The van der Waals surface area contributed by atoms with Crippen molar-refractivity contribution < 1.29 is 23.5 Å². The fourth-order valence-electron chi connectivity index (χ4n) is 4.05. The third-order valence-corrected chi connectivity index (χ3v) is 5.49. The second-order valence-corrected chi connectivity index (χ2v) is 7.57. The molecule has 1 spiro atoms. The molecule has 0 saturated carbocycles. The van der Waals surface area contributed by atoms with E-state index in [9.17, 15) is 14.0 Å². The van der Waals surface area contributed by atoms with Crippen molar-refractivity contribution in [2.24, 2.45) is 0 Å². The summed E-state index contributed by atoms with van der Waals surface area (Å²) >= 11 is 0. The molecule has 3 saturated heterocycles. The molecular weight excluding hydrogens is 367 g/mol. The molecule has 3 aliphatic rings. The topological polar surface area (TPSA) is 83.1 Å². The molecule has 1 aromatic carbocycles. The lowest BCUT2D eigenvalue weighted by Gasteiger charge is -2.41. The van der Waals surface area contributed by atoms with Crippen LogP contribution in [0.2, 0.25) is 0 Å². The van der Waals surface area contributed by atoms with Crippen LogP contribution in [0.1, 0.15) is 13.3 Å². The van der Waals surface area contributed by atoms with Crippen LogP contribution in [0, 0.1) is 5.82 Å². The van der Waals surface area contributed by atoms with Crippen molar-refractivity contribution >= 4 is 23.4 Å². The molecule has 2 atom stereocenters. The number of anilines is 2. The zero-order chi connectivity index (χ0) is 19.7. The number of ether oxygens (including phenoxy) is 2. The standard InChI is InChI=1S/C19H25FN4O4/c1-13(25)22-9-15-10-24(18(26)28-15)14-2-3-17(16(20)8-14)23-6-7-27-19(12-23)4-5-21-11-19/h2-3,8,15,21H,4-7,9-12H2,1H3,(H,22,25)/t15-,19?/m0/s1. The molecule has 1 unspecified atom stereocenters. The Labute approximate surface area is 162 Å². The lowest BCUT2D eigenvalue weighted by Crippen LogP contribution is -2.53. The highest BCUT2D eigenvalue weighted by atomic mass is 19.1. The number of rotatable bonds is 4. The fourth-order valence-corrected chi connectivity index (χ4v) is 4.05. The van der Waals surface area contributed by atoms with Crippen molar-refractivity contribution in [3.8, 4) is 0 Å². The van der Waals surface area contributed by atoms with Crippen molar-refractivity contribution in [1.29, 1.82) is 0 Å². The van der Waals surface area contributed by atoms with Crippen LogP contribution in [0.15, 0.2) is 18.2 Å². The maximum Gasteiger partial charge on any atom is 0.414 e. The number of benzene rings is 1. The number of halogens is 1. The largest absolute Gasteiger partial charge is 0.442 e. The maximum absolute atomic E-state index is 14.9. The van der Waals surface area contributed by atoms with Crippen LogP contribution in [-0.4, -0.2) is 69.6 Å². The fraction of sp³-hybridized carbons (Fsp3) is 0.579. The smallest absolute Gasteiger partial charge is 0.414 e. The maximum atomic E-state index is 14.9. The predicted octanol–water partition coefficient (Wildman–Crippen LogP) is 0.856. The van der Waals surface area contributed by atoms with E-state index in [1.165, 1.54) is 17.9 Å². The highest BCUT2D eigenvalue weighted by Gasteiger charge is 2.40. The molecule has 3 heterocycles. The molecule has 28 heavy (non-hydrogen) atoms. The third kappa shape index (κ3) is 3.77. The van der Waals surface area contributed by atoms with E-state index in [4.69, 9.17) is 9.47 Å². The van der Waals surface area contributed by atoms with E-state index in [0.717, 1.165) is 19.5 Å². The van der Waals surface area contributed by atoms with Crippen molar-refractivity contribution in [3.63, 3.8) is 0 Å². The number of carbonyl (C=O) groups is 2. The zero-order valence-corrected chi connectivity index (χ0v) is 15.9. The van der Waals surface area contributed by atoms with Gasteiger partial charge in [-0.25, -0.2) is 9.18 Å². The van der Waals surface area contributed by atoms with Gasteiger partial charge >= 0.3 is 6.09 Å². The highest BCUT2D eigenvalue weighted by Crippen LogP contribution is 2.32. The molecule has 3 aliphatic heterocycles. The number of cyclic esters (lactones) is 1. The minimum atomic E-state index is -0.537. The van der Waals surface area contributed by atoms with E-state index in [2.05, 4.69) is 10.6 Å². The lowest BCUT2D eigenvalue weighted by atomic mass is 10.00. The van der Waals surface area contributed by atoms with E-state index in [1.807, 2.05) is 4.90 Å². The van der Waals surface area contributed by atoms with Gasteiger partial charge < -0.3 is 25.0 Å². The molecule has 0 radical (unpaired) electrons. The molecular formula is C19H25FN4O4. The van der Waals surface area contributed by atoms with Crippen molar-refractivity contribution in [2.45, 2.75) is 25.0 Å². The molecule has 1 aromatic rings.